The number of fused-ring (bicyclic) bond motifs is 1. The Hall–Kier alpha value is -1.51. The zero-order valence-electron chi connectivity index (χ0n) is 11.4. The molecule has 3 nitrogen and oxygen atoms in total. The zero-order chi connectivity index (χ0) is 12.8. The molecule has 0 bridgehead atoms. The molecule has 0 fully saturated rings. The largest absolute Gasteiger partial charge is 0.357 e. The molecule has 1 aromatic carbocycles. The fourth-order valence-corrected chi connectivity index (χ4v) is 2.32. The van der Waals surface area contributed by atoms with Crippen molar-refractivity contribution in [3.8, 4) is 0 Å². The van der Waals surface area contributed by atoms with E-state index in [9.17, 15) is 0 Å². The van der Waals surface area contributed by atoms with Gasteiger partial charge in [-0.2, -0.15) is 0 Å². The third-order valence-electron chi connectivity index (χ3n) is 3.25. The second-order valence-electron chi connectivity index (χ2n) is 4.68. The molecule has 1 N–H and O–H groups in total. The lowest BCUT2D eigenvalue weighted by atomic mass is 10.0. The molecule has 2 rings (SSSR count). The maximum absolute atomic E-state index is 4.66. The minimum atomic E-state index is 0.903. The van der Waals surface area contributed by atoms with Crippen LogP contribution in [0.4, 0.5) is 0 Å². The van der Waals surface area contributed by atoms with E-state index in [0.29, 0.717) is 0 Å². The van der Waals surface area contributed by atoms with Crippen LogP contribution in [-0.2, 0) is 13.0 Å². The molecule has 0 unspecified atom stereocenters. The lowest BCUT2D eigenvalue weighted by Crippen LogP contribution is -2.44. The molecular weight excluding hydrogens is 222 g/mol. The molecule has 1 aliphatic rings. The highest BCUT2D eigenvalue weighted by molar-refractivity contribution is 5.80. The minimum Gasteiger partial charge on any atom is -0.357 e. The first kappa shape index (κ1) is 12.9. The number of hydrogen-bond acceptors (Lipinski definition) is 1. The summed E-state index contributed by atoms with van der Waals surface area (Å²) in [6.07, 6.45) is 2.21. The summed E-state index contributed by atoms with van der Waals surface area (Å²) in [5, 5.41) is 3.39. The van der Waals surface area contributed by atoms with E-state index in [-0.39, 0.29) is 0 Å². The van der Waals surface area contributed by atoms with Gasteiger partial charge in [0.25, 0.3) is 0 Å². The first-order valence-corrected chi connectivity index (χ1v) is 6.95. The van der Waals surface area contributed by atoms with Crippen molar-refractivity contribution < 1.29 is 0 Å². The van der Waals surface area contributed by atoms with E-state index < -0.39 is 0 Å². The lowest BCUT2D eigenvalue weighted by Gasteiger charge is -2.31. The molecule has 0 aromatic heterocycles. The topological polar surface area (TPSA) is 27.6 Å². The van der Waals surface area contributed by atoms with Gasteiger partial charge in [-0.25, -0.2) is 0 Å². The van der Waals surface area contributed by atoms with Gasteiger partial charge < -0.3 is 10.2 Å². The zero-order valence-corrected chi connectivity index (χ0v) is 11.4. The smallest absolute Gasteiger partial charge is 0.194 e. The standard InChI is InChI=1S/C15H23N3/c1-3-10-17-15(16-4-2)18-11-9-13-7-5-6-8-14(13)12-18/h5-8H,3-4,9-12H2,1-2H3,(H,16,17). The summed E-state index contributed by atoms with van der Waals surface area (Å²) in [4.78, 5) is 7.02. The molecule has 98 valence electrons. The average Bonchev–Trinajstić information content (AvgIpc) is 2.43. The maximum atomic E-state index is 4.66. The molecule has 1 heterocycles. The van der Waals surface area contributed by atoms with Gasteiger partial charge in [-0.1, -0.05) is 31.2 Å². The quantitative estimate of drug-likeness (QED) is 0.654. The van der Waals surface area contributed by atoms with Crippen LogP contribution in [-0.4, -0.2) is 30.5 Å². The molecule has 0 amide bonds. The Labute approximate surface area is 110 Å². The van der Waals surface area contributed by atoms with Crippen molar-refractivity contribution in [1.82, 2.24) is 10.2 Å². The Morgan fingerprint density at radius 3 is 2.78 bits per heavy atom. The Morgan fingerprint density at radius 1 is 1.28 bits per heavy atom. The number of nitrogens with one attached hydrogen (secondary N) is 1. The fraction of sp³-hybridized carbons (Fsp3) is 0.533. The van der Waals surface area contributed by atoms with E-state index in [2.05, 4.69) is 53.3 Å². The third-order valence-corrected chi connectivity index (χ3v) is 3.25. The second-order valence-corrected chi connectivity index (χ2v) is 4.68. The van der Waals surface area contributed by atoms with Crippen molar-refractivity contribution in [3.63, 3.8) is 0 Å². The first-order chi connectivity index (χ1) is 8.85. The van der Waals surface area contributed by atoms with Crippen LogP contribution in [0.3, 0.4) is 0 Å². The summed E-state index contributed by atoms with van der Waals surface area (Å²) >= 11 is 0. The Balaban J connectivity index is 2.10. The van der Waals surface area contributed by atoms with Crippen molar-refractivity contribution in [2.45, 2.75) is 33.2 Å². The van der Waals surface area contributed by atoms with Gasteiger partial charge in [0.1, 0.15) is 0 Å². The number of nitrogens with zero attached hydrogens (tertiary/aromatic N) is 2. The Bertz CT molecular complexity index is 412. The van der Waals surface area contributed by atoms with Crippen molar-refractivity contribution in [2.75, 3.05) is 19.6 Å². The van der Waals surface area contributed by atoms with Gasteiger partial charge in [0.05, 0.1) is 0 Å². The highest BCUT2D eigenvalue weighted by Gasteiger charge is 2.18. The molecule has 18 heavy (non-hydrogen) atoms. The molecule has 0 atom stereocenters. The van der Waals surface area contributed by atoms with Crippen molar-refractivity contribution >= 4 is 5.96 Å². The molecule has 1 aliphatic heterocycles. The summed E-state index contributed by atoms with van der Waals surface area (Å²) < 4.78 is 0. The van der Waals surface area contributed by atoms with Crippen LogP contribution in [0, 0.1) is 0 Å². The highest BCUT2D eigenvalue weighted by atomic mass is 15.3. The van der Waals surface area contributed by atoms with Crippen LogP contribution < -0.4 is 5.32 Å². The number of hydrogen-bond donors (Lipinski definition) is 1. The van der Waals surface area contributed by atoms with Crippen molar-refractivity contribution in [3.05, 3.63) is 35.4 Å². The minimum absolute atomic E-state index is 0.903. The van der Waals surface area contributed by atoms with Gasteiger partial charge in [-0.3, -0.25) is 4.99 Å². The number of rotatable bonds is 3. The Morgan fingerprint density at radius 2 is 2.06 bits per heavy atom. The molecule has 0 saturated heterocycles. The normalized spacial score (nSPS) is 15.4. The molecule has 3 heteroatoms. The summed E-state index contributed by atoms with van der Waals surface area (Å²) in [7, 11) is 0. The lowest BCUT2D eigenvalue weighted by molar-refractivity contribution is 0.378. The van der Waals surface area contributed by atoms with Crippen LogP contribution in [0.1, 0.15) is 31.4 Å². The number of aliphatic imine (C=N–C) groups is 1. The van der Waals surface area contributed by atoms with Gasteiger partial charge in [0, 0.05) is 26.2 Å². The van der Waals surface area contributed by atoms with Crippen LogP contribution in [0.25, 0.3) is 0 Å². The van der Waals surface area contributed by atoms with Gasteiger partial charge in [0.15, 0.2) is 5.96 Å². The van der Waals surface area contributed by atoms with Gasteiger partial charge in [-0.15, -0.1) is 0 Å². The second kappa shape index (κ2) is 6.43. The van der Waals surface area contributed by atoms with E-state index in [1.165, 1.54) is 11.1 Å². The summed E-state index contributed by atoms with van der Waals surface area (Å²) in [6.45, 7) is 8.16. The molecule has 1 aromatic rings. The SMILES string of the molecule is CCCN=C(NCC)N1CCc2ccccc2C1. The summed E-state index contributed by atoms with van der Waals surface area (Å²) in [5.41, 5.74) is 2.92. The predicted octanol–water partition coefficient (Wildman–Crippen LogP) is 2.42. The van der Waals surface area contributed by atoms with E-state index in [0.717, 1.165) is 45.0 Å². The van der Waals surface area contributed by atoms with E-state index in [1.54, 1.807) is 0 Å². The molecule has 0 aliphatic carbocycles. The maximum Gasteiger partial charge on any atom is 0.194 e. The van der Waals surface area contributed by atoms with E-state index in [1.807, 2.05) is 0 Å². The van der Waals surface area contributed by atoms with Crippen molar-refractivity contribution in [2.24, 2.45) is 4.99 Å². The number of benzene rings is 1. The fourth-order valence-electron chi connectivity index (χ4n) is 2.32. The summed E-state index contributed by atoms with van der Waals surface area (Å²) in [5.74, 6) is 1.06. The van der Waals surface area contributed by atoms with Gasteiger partial charge in [-0.05, 0) is 30.9 Å². The van der Waals surface area contributed by atoms with Crippen LogP contribution >= 0.6 is 0 Å². The van der Waals surface area contributed by atoms with Crippen LogP contribution in [0.2, 0.25) is 0 Å². The van der Waals surface area contributed by atoms with E-state index >= 15 is 0 Å². The monoisotopic (exact) mass is 245 g/mol. The predicted molar refractivity (Wildman–Crippen MR) is 76.8 cm³/mol. The Kier molecular flexibility index (Phi) is 4.62. The average molecular weight is 245 g/mol. The van der Waals surface area contributed by atoms with Gasteiger partial charge in [0.2, 0.25) is 0 Å². The van der Waals surface area contributed by atoms with Gasteiger partial charge >= 0.3 is 0 Å². The number of guanidine groups is 1. The van der Waals surface area contributed by atoms with E-state index in [4.69, 9.17) is 0 Å². The first-order valence-electron chi connectivity index (χ1n) is 6.95. The third kappa shape index (κ3) is 3.03. The molecule has 0 spiro atoms. The van der Waals surface area contributed by atoms with Crippen molar-refractivity contribution in [1.29, 1.82) is 0 Å². The molecular formula is C15H23N3. The van der Waals surface area contributed by atoms with Crippen LogP contribution in [0.5, 0.6) is 0 Å². The summed E-state index contributed by atoms with van der Waals surface area (Å²) in [6, 6.07) is 8.72. The van der Waals surface area contributed by atoms with Crippen LogP contribution in [0.15, 0.2) is 29.3 Å². The highest BCUT2D eigenvalue weighted by Crippen LogP contribution is 2.18. The molecule has 0 saturated carbocycles. The molecule has 0 radical (unpaired) electrons.